The third-order valence-corrected chi connectivity index (χ3v) is 10.7. The number of benzene rings is 3. The Morgan fingerprint density at radius 1 is 0.980 bits per heavy atom. The molecule has 1 unspecified atom stereocenters. The van der Waals surface area contributed by atoms with Crippen LogP contribution in [0.4, 0.5) is 9.18 Å². The molecule has 3 aliphatic rings. The number of thiophene rings is 1. The van der Waals surface area contributed by atoms with E-state index in [1.807, 2.05) is 41.8 Å². The first-order chi connectivity index (χ1) is 24.4. The van der Waals surface area contributed by atoms with Gasteiger partial charge >= 0.3 is 6.09 Å². The van der Waals surface area contributed by atoms with Crippen LogP contribution in [-0.2, 0) is 16.1 Å². The van der Waals surface area contributed by atoms with E-state index in [0.29, 0.717) is 24.2 Å². The summed E-state index contributed by atoms with van der Waals surface area (Å²) in [6.45, 7) is 0.756. The van der Waals surface area contributed by atoms with Crippen LogP contribution in [0, 0.1) is 5.82 Å². The molecule has 5 heterocycles. The molecule has 0 bridgehead atoms. The van der Waals surface area contributed by atoms with Gasteiger partial charge in [-0.25, -0.2) is 9.18 Å². The van der Waals surface area contributed by atoms with Crippen molar-refractivity contribution in [3.8, 4) is 27.3 Å². The van der Waals surface area contributed by atoms with Gasteiger partial charge in [-0.1, -0.05) is 48.5 Å². The van der Waals surface area contributed by atoms with E-state index in [9.17, 15) is 14.4 Å². The van der Waals surface area contributed by atoms with E-state index in [-0.39, 0.29) is 36.4 Å². The number of carbonyl (C=O) groups is 2. The van der Waals surface area contributed by atoms with Gasteiger partial charge in [0.1, 0.15) is 18.6 Å². The monoisotopic (exact) mass is 688 g/mol. The molecule has 6 aromatic rings. The Bertz CT molecular complexity index is 2420. The zero-order valence-electron chi connectivity index (χ0n) is 26.7. The number of rotatable bonds is 4. The van der Waals surface area contributed by atoms with Gasteiger partial charge in [-0.15, -0.1) is 11.3 Å². The fourth-order valence-corrected chi connectivity index (χ4v) is 8.51. The molecule has 0 N–H and O–H groups in total. The molecule has 50 heavy (non-hydrogen) atoms. The van der Waals surface area contributed by atoms with Crippen LogP contribution in [0.3, 0.4) is 0 Å². The molecule has 1 saturated heterocycles. The minimum absolute atomic E-state index is 0.0764. The molecule has 0 saturated carbocycles. The highest BCUT2D eigenvalue weighted by Gasteiger charge is 2.46. The third-order valence-electron chi connectivity index (χ3n) is 9.72. The Kier molecular flexibility index (Phi) is 7.11. The molecule has 250 valence electrons. The summed E-state index contributed by atoms with van der Waals surface area (Å²) in [4.78, 5) is 43.4. The van der Waals surface area contributed by atoms with Gasteiger partial charge in [-0.2, -0.15) is 0 Å². The number of ether oxygens (including phenoxy) is 3. The van der Waals surface area contributed by atoms with Crippen molar-refractivity contribution in [2.45, 2.75) is 18.8 Å². The fourth-order valence-electron chi connectivity index (χ4n) is 7.55. The summed E-state index contributed by atoms with van der Waals surface area (Å²) in [5.74, 6) is -0.822. The Balaban J connectivity index is 1.23. The summed E-state index contributed by atoms with van der Waals surface area (Å²) >= 11 is 1.59. The summed E-state index contributed by atoms with van der Waals surface area (Å²) in [6.07, 6.45) is 2.10. The molecule has 0 spiro atoms. The Morgan fingerprint density at radius 3 is 2.68 bits per heavy atom. The standard InChI is InChI=1S/C38H29FN4O6S/c1-47-38(46)41-19-22(24-6-4-5-9-30(24)41)20-49-35-31(44)12-14-42-34(35)37(45)40-15-16-48-21-32(40)43(42)33-25-7-2-3-8-27(25)36-28(13-17-50-36)29-18-23(39)10-11-26(29)33/h2-14,17-19,32-33H,15-16,20-21H2,1H3/t32-,33?/m1/s1. The van der Waals surface area contributed by atoms with E-state index in [1.54, 1.807) is 51.5 Å². The molecule has 1 amide bonds. The molecule has 2 aliphatic heterocycles. The first-order valence-electron chi connectivity index (χ1n) is 16.1. The number of nitrogens with zero attached hydrogens (tertiary/aromatic N) is 4. The molecule has 9 rings (SSSR count). The minimum atomic E-state index is -0.563. The molecule has 2 atom stereocenters. The van der Waals surface area contributed by atoms with Gasteiger partial charge in [0, 0.05) is 46.4 Å². The maximum atomic E-state index is 15.0. The normalized spacial score (nSPS) is 17.7. The van der Waals surface area contributed by atoms with Crippen molar-refractivity contribution in [2.24, 2.45) is 0 Å². The highest BCUT2D eigenvalue weighted by atomic mass is 32.1. The maximum absolute atomic E-state index is 15.0. The number of methoxy groups -OCH3 is 1. The highest BCUT2D eigenvalue weighted by molar-refractivity contribution is 7.14. The second kappa shape index (κ2) is 11.7. The number of carbonyl (C=O) groups excluding carboxylic acids is 2. The molecule has 10 nitrogen and oxygen atoms in total. The fraction of sp³-hybridized carbons (Fsp3) is 0.184. The lowest BCUT2D eigenvalue weighted by molar-refractivity contribution is -0.0197. The van der Waals surface area contributed by atoms with Gasteiger partial charge in [0.25, 0.3) is 5.91 Å². The Hall–Kier alpha value is -5.72. The molecule has 3 aromatic heterocycles. The molecular weight excluding hydrogens is 660 g/mol. The molecule has 12 heteroatoms. The second-order valence-corrected chi connectivity index (χ2v) is 13.2. The second-order valence-electron chi connectivity index (χ2n) is 12.3. The van der Waals surface area contributed by atoms with Crippen LogP contribution in [0.5, 0.6) is 5.75 Å². The lowest BCUT2D eigenvalue weighted by atomic mass is 9.92. The van der Waals surface area contributed by atoms with Crippen molar-refractivity contribution in [3.05, 3.63) is 135 Å². The van der Waals surface area contributed by atoms with E-state index in [0.717, 1.165) is 38.1 Å². The van der Waals surface area contributed by atoms with E-state index in [2.05, 4.69) is 17.1 Å². The van der Waals surface area contributed by atoms with Gasteiger partial charge < -0.3 is 19.1 Å². The summed E-state index contributed by atoms with van der Waals surface area (Å²) in [7, 11) is 1.31. The number of morpholine rings is 1. The van der Waals surface area contributed by atoms with Crippen molar-refractivity contribution in [2.75, 3.05) is 31.9 Å². The van der Waals surface area contributed by atoms with E-state index < -0.39 is 23.7 Å². The number of halogens is 1. The number of para-hydroxylation sites is 1. The summed E-state index contributed by atoms with van der Waals surface area (Å²) in [5, 5.41) is 4.81. The Labute approximate surface area is 289 Å². The van der Waals surface area contributed by atoms with Crippen LogP contribution in [0.25, 0.3) is 32.5 Å². The van der Waals surface area contributed by atoms with Crippen molar-refractivity contribution in [1.29, 1.82) is 0 Å². The highest BCUT2D eigenvalue weighted by Crippen LogP contribution is 2.50. The van der Waals surface area contributed by atoms with Crippen molar-refractivity contribution in [1.82, 2.24) is 14.1 Å². The summed E-state index contributed by atoms with van der Waals surface area (Å²) in [5.41, 5.74) is 5.37. The number of hydrogen-bond donors (Lipinski definition) is 0. The van der Waals surface area contributed by atoms with Crippen molar-refractivity contribution < 1.29 is 28.2 Å². The molecule has 3 aromatic carbocycles. The number of aromatic nitrogens is 2. The summed E-state index contributed by atoms with van der Waals surface area (Å²) < 4.78 is 35.4. The lowest BCUT2D eigenvalue weighted by Gasteiger charge is -2.51. The largest absolute Gasteiger partial charge is 0.482 e. The predicted molar refractivity (Wildman–Crippen MR) is 186 cm³/mol. The average molecular weight is 689 g/mol. The van der Waals surface area contributed by atoms with Crippen molar-refractivity contribution >= 4 is 34.2 Å². The zero-order chi connectivity index (χ0) is 34.1. The zero-order valence-corrected chi connectivity index (χ0v) is 27.6. The first-order valence-corrected chi connectivity index (χ1v) is 17.0. The van der Waals surface area contributed by atoms with Crippen molar-refractivity contribution in [3.63, 3.8) is 0 Å². The SMILES string of the molecule is COC(=O)n1cc(COc2c3n(ccc2=O)N(C2c4ccc(F)cc4-c4ccsc4-c4ccccc42)[C@@H]2COCCN2C3=O)c2ccccc21. The topological polar surface area (TPSA) is 95.2 Å². The number of hydrogen-bond acceptors (Lipinski definition) is 8. The lowest BCUT2D eigenvalue weighted by Crippen LogP contribution is -2.66. The van der Waals surface area contributed by atoms with E-state index >= 15 is 4.39 Å². The number of amides is 1. The minimum Gasteiger partial charge on any atom is -0.482 e. The van der Waals surface area contributed by atoms with Crippen LogP contribution in [-0.4, -0.2) is 59.2 Å². The van der Waals surface area contributed by atoms with Crippen LogP contribution in [0.2, 0.25) is 0 Å². The van der Waals surface area contributed by atoms with Crippen LogP contribution < -0.4 is 15.2 Å². The molecular formula is C38H29FN4O6S. The van der Waals surface area contributed by atoms with Gasteiger partial charge in [-0.3, -0.25) is 23.8 Å². The summed E-state index contributed by atoms with van der Waals surface area (Å²) in [6, 6.07) is 23.1. The third kappa shape index (κ3) is 4.52. The smallest absolute Gasteiger partial charge is 0.418 e. The van der Waals surface area contributed by atoms with E-state index in [4.69, 9.17) is 14.2 Å². The molecule has 1 fully saturated rings. The molecule has 1 aliphatic carbocycles. The van der Waals surface area contributed by atoms with Gasteiger partial charge in [0.05, 0.1) is 31.9 Å². The average Bonchev–Trinajstić information content (AvgIpc) is 3.76. The van der Waals surface area contributed by atoms with Gasteiger partial charge in [-0.05, 0) is 51.9 Å². The maximum Gasteiger partial charge on any atom is 0.418 e. The van der Waals surface area contributed by atoms with Crippen LogP contribution in [0.15, 0.2) is 101 Å². The van der Waals surface area contributed by atoms with Gasteiger partial charge in [0.2, 0.25) is 5.43 Å². The first kappa shape index (κ1) is 30.3. The number of pyridine rings is 1. The molecule has 0 radical (unpaired) electrons. The van der Waals surface area contributed by atoms with E-state index in [1.165, 1.54) is 23.8 Å². The van der Waals surface area contributed by atoms with Crippen LogP contribution in [0.1, 0.15) is 33.2 Å². The number of fused-ring (bicyclic) bond motifs is 8. The van der Waals surface area contributed by atoms with Gasteiger partial charge in [0.15, 0.2) is 11.4 Å². The van der Waals surface area contributed by atoms with Crippen LogP contribution >= 0.6 is 11.3 Å². The quantitative estimate of drug-likeness (QED) is 0.212. The predicted octanol–water partition coefficient (Wildman–Crippen LogP) is 6.38. The Morgan fingerprint density at radius 2 is 1.80 bits per heavy atom.